The Labute approximate surface area is 97.5 Å². The molecule has 6 heteroatoms. The summed E-state index contributed by atoms with van der Waals surface area (Å²) in [5, 5.41) is 8.26. The first-order valence-electron chi connectivity index (χ1n) is 4.84. The third kappa shape index (κ3) is 3.01. The highest BCUT2D eigenvalue weighted by Gasteiger charge is 2.16. The first kappa shape index (κ1) is 12.6. The van der Waals surface area contributed by atoms with E-state index in [9.17, 15) is 4.21 Å². The molecule has 0 aromatic carbocycles. The van der Waals surface area contributed by atoms with Crippen LogP contribution in [0.5, 0.6) is 0 Å². The van der Waals surface area contributed by atoms with Gasteiger partial charge in [0.1, 0.15) is 5.82 Å². The van der Waals surface area contributed by atoms with Crippen LogP contribution in [0, 0.1) is 0 Å². The van der Waals surface area contributed by atoms with Crippen molar-refractivity contribution in [3.8, 4) is 0 Å². The minimum absolute atomic E-state index is 0.0519. The molecule has 0 N–H and O–H groups in total. The van der Waals surface area contributed by atoms with Crippen molar-refractivity contribution in [1.29, 1.82) is 0 Å². The lowest BCUT2D eigenvalue weighted by Gasteiger charge is -2.13. The van der Waals surface area contributed by atoms with Crippen molar-refractivity contribution in [3.63, 3.8) is 0 Å². The number of aromatic nitrogens is 3. The Kier molecular flexibility index (Phi) is 4.28. The van der Waals surface area contributed by atoms with Crippen molar-refractivity contribution in [2.24, 2.45) is 0 Å². The predicted octanol–water partition coefficient (Wildman–Crippen LogP) is 1.82. The summed E-state index contributed by atoms with van der Waals surface area (Å²) >= 11 is 5.93. The van der Waals surface area contributed by atoms with Crippen LogP contribution in [0.3, 0.4) is 0 Å². The van der Waals surface area contributed by atoms with E-state index in [-0.39, 0.29) is 11.2 Å². The van der Waals surface area contributed by atoms with Crippen LogP contribution in [0.25, 0.3) is 0 Å². The van der Waals surface area contributed by atoms with Gasteiger partial charge in [0, 0.05) is 34.8 Å². The molecule has 1 heterocycles. The topological polar surface area (TPSA) is 47.8 Å². The summed E-state index contributed by atoms with van der Waals surface area (Å²) in [6, 6.07) is 0. The summed E-state index contributed by atoms with van der Waals surface area (Å²) in [4.78, 5) is 0. The minimum atomic E-state index is -0.860. The zero-order chi connectivity index (χ0) is 11.6. The Hall–Kier alpha value is -0.420. The van der Waals surface area contributed by atoms with E-state index in [4.69, 9.17) is 11.6 Å². The number of hydrogen-bond donors (Lipinski definition) is 0. The summed E-state index contributed by atoms with van der Waals surface area (Å²) in [7, 11) is -0.860. The fraction of sp³-hybridized carbons (Fsp3) is 0.778. The Bertz CT molecular complexity index is 364. The van der Waals surface area contributed by atoms with Gasteiger partial charge in [-0.25, -0.2) is 0 Å². The van der Waals surface area contributed by atoms with E-state index in [1.54, 1.807) is 6.26 Å². The van der Waals surface area contributed by atoms with E-state index in [0.29, 0.717) is 11.8 Å². The van der Waals surface area contributed by atoms with Gasteiger partial charge < -0.3 is 4.57 Å². The third-order valence-electron chi connectivity index (χ3n) is 2.26. The van der Waals surface area contributed by atoms with Crippen LogP contribution in [0.15, 0.2) is 0 Å². The van der Waals surface area contributed by atoms with Crippen LogP contribution in [0.2, 0.25) is 5.28 Å². The van der Waals surface area contributed by atoms with Gasteiger partial charge in [0.25, 0.3) is 0 Å². The first-order valence-corrected chi connectivity index (χ1v) is 6.84. The molecule has 0 aliphatic carbocycles. The maximum atomic E-state index is 11.3. The summed E-state index contributed by atoms with van der Waals surface area (Å²) < 4.78 is 13.1. The van der Waals surface area contributed by atoms with E-state index in [1.807, 2.05) is 25.3 Å². The average Bonchev–Trinajstić information content (AvgIpc) is 2.48. The Morgan fingerprint density at radius 3 is 2.47 bits per heavy atom. The molecule has 0 saturated heterocycles. The summed E-state index contributed by atoms with van der Waals surface area (Å²) in [5.41, 5.74) is 0. The largest absolute Gasteiger partial charge is 0.300 e. The lowest BCUT2D eigenvalue weighted by molar-refractivity contribution is 0.602. The van der Waals surface area contributed by atoms with E-state index < -0.39 is 10.8 Å². The Balaban J connectivity index is 2.92. The van der Waals surface area contributed by atoms with Crippen molar-refractivity contribution in [1.82, 2.24) is 14.8 Å². The van der Waals surface area contributed by atoms with Crippen LogP contribution in [0.4, 0.5) is 0 Å². The van der Waals surface area contributed by atoms with E-state index in [0.717, 1.165) is 5.82 Å². The monoisotopic (exact) mass is 249 g/mol. The highest BCUT2D eigenvalue weighted by Crippen LogP contribution is 2.17. The molecule has 1 aromatic heterocycles. The van der Waals surface area contributed by atoms with Crippen LogP contribution in [-0.4, -0.2) is 30.5 Å². The van der Waals surface area contributed by atoms with Crippen LogP contribution in [0.1, 0.15) is 32.5 Å². The summed E-state index contributed by atoms with van der Waals surface area (Å²) in [6.45, 7) is 6.59. The smallest absolute Gasteiger partial charge is 0.225 e. The van der Waals surface area contributed by atoms with Crippen molar-refractivity contribution in [2.45, 2.75) is 38.5 Å². The molecule has 15 heavy (non-hydrogen) atoms. The minimum Gasteiger partial charge on any atom is -0.300 e. The molecule has 0 aliphatic rings. The van der Waals surface area contributed by atoms with Gasteiger partial charge in [-0.2, -0.15) is 0 Å². The summed E-state index contributed by atoms with van der Waals surface area (Å²) in [5.74, 6) is 1.11. The number of rotatable bonds is 4. The molecule has 0 radical (unpaired) electrons. The van der Waals surface area contributed by atoms with E-state index >= 15 is 0 Å². The molecule has 0 amide bonds. The maximum absolute atomic E-state index is 11.3. The van der Waals surface area contributed by atoms with Crippen LogP contribution < -0.4 is 0 Å². The molecule has 1 rings (SSSR count). The number of nitrogens with zero attached hydrogens (tertiary/aromatic N) is 3. The second-order valence-electron chi connectivity index (χ2n) is 3.90. The SMILES string of the molecule is CC(C)c1nnc(Cl)n1CC(C)S(C)=O. The lowest BCUT2D eigenvalue weighted by Crippen LogP contribution is -2.19. The second-order valence-corrected chi connectivity index (χ2v) is 6.04. The normalized spacial score (nSPS) is 15.6. The fourth-order valence-corrected chi connectivity index (χ4v) is 1.81. The van der Waals surface area contributed by atoms with Gasteiger partial charge in [-0.05, 0) is 18.5 Å². The molecule has 0 fully saturated rings. The summed E-state index contributed by atoms with van der Waals surface area (Å²) in [6.07, 6.45) is 1.69. The molecule has 0 bridgehead atoms. The van der Waals surface area contributed by atoms with Gasteiger partial charge in [-0.15, -0.1) is 10.2 Å². The third-order valence-corrected chi connectivity index (χ3v) is 3.82. The highest BCUT2D eigenvalue weighted by molar-refractivity contribution is 7.84. The van der Waals surface area contributed by atoms with Crippen molar-refractivity contribution in [2.75, 3.05) is 6.26 Å². The molecule has 86 valence electrons. The van der Waals surface area contributed by atoms with Gasteiger partial charge in [0.2, 0.25) is 5.28 Å². The van der Waals surface area contributed by atoms with Gasteiger partial charge >= 0.3 is 0 Å². The fourth-order valence-electron chi connectivity index (χ4n) is 1.25. The highest BCUT2D eigenvalue weighted by atomic mass is 35.5. The van der Waals surface area contributed by atoms with Crippen LogP contribution >= 0.6 is 11.6 Å². The molecule has 0 spiro atoms. The van der Waals surface area contributed by atoms with Gasteiger partial charge in [0.05, 0.1) is 0 Å². The molecule has 2 unspecified atom stereocenters. The average molecular weight is 250 g/mol. The molecule has 0 aliphatic heterocycles. The van der Waals surface area contributed by atoms with Crippen molar-refractivity contribution >= 4 is 22.4 Å². The van der Waals surface area contributed by atoms with Gasteiger partial charge in [-0.1, -0.05) is 13.8 Å². The molecule has 1 aromatic rings. The van der Waals surface area contributed by atoms with Crippen LogP contribution in [-0.2, 0) is 17.3 Å². The quantitative estimate of drug-likeness (QED) is 0.818. The van der Waals surface area contributed by atoms with Crippen molar-refractivity contribution in [3.05, 3.63) is 11.1 Å². The van der Waals surface area contributed by atoms with Gasteiger partial charge in [0.15, 0.2) is 0 Å². The molecular formula is C9H16ClN3OS. The maximum Gasteiger partial charge on any atom is 0.225 e. The Morgan fingerprint density at radius 1 is 1.40 bits per heavy atom. The lowest BCUT2D eigenvalue weighted by atomic mass is 10.2. The number of halogens is 1. The van der Waals surface area contributed by atoms with E-state index in [2.05, 4.69) is 10.2 Å². The second kappa shape index (κ2) is 5.07. The zero-order valence-corrected chi connectivity index (χ0v) is 11.0. The zero-order valence-electron chi connectivity index (χ0n) is 9.40. The van der Waals surface area contributed by atoms with E-state index in [1.165, 1.54) is 0 Å². The molecule has 4 nitrogen and oxygen atoms in total. The molecule has 2 atom stereocenters. The van der Waals surface area contributed by atoms with Crippen molar-refractivity contribution < 1.29 is 4.21 Å². The first-order chi connectivity index (χ1) is 6.93. The van der Waals surface area contributed by atoms with Gasteiger partial charge in [-0.3, -0.25) is 4.21 Å². The standard InChI is InChI=1S/C9H16ClN3OS/c1-6(2)8-11-12-9(10)13(8)5-7(3)15(4)14/h6-7H,5H2,1-4H3. The Morgan fingerprint density at radius 2 is 2.00 bits per heavy atom. The molecular weight excluding hydrogens is 234 g/mol. The predicted molar refractivity (Wildman–Crippen MR) is 62.6 cm³/mol. The molecule has 0 saturated carbocycles. The number of hydrogen-bond acceptors (Lipinski definition) is 3.